The lowest BCUT2D eigenvalue weighted by atomic mass is 10.1. The van der Waals surface area contributed by atoms with E-state index in [0.29, 0.717) is 27.0 Å². The Hall–Kier alpha value is -1.23. The van der Waals surface area contributed by atoms with Gasteiger partial charge >= 0.3 is 0 Å². The predicted molar refractivity (Wildman–Crippen MR) is 87.7 cm³/mol. The number of nitrogens with two attached hydrogens (primary N) is 1. The molecule has 0 fully saturated rings. The summed E-state index contributed by atoms with van der Waals surface area (Å²) in [6.45, 7) is 1.86. The summed E-state index contributed by atoms with van der Waals surface area (Å²) in [6.07, 6.45) is 0. The summed E-state index contributed by atoms with van der Waals surface area (Å²) in [5.74, 6) is -0.352. The Bertz CT molecular complexity index is 666. The summed E-state index contributed by atoms with van der Waals surface area (Å²) in [5, 5.41) is 3.54. The van der Waals surface area contributed by atoms with Crippen LogP contribution in [0.2, 0.25) is 10.0 Å². The maximum absolute atomic E-state index is 12.3. The highest BCUT2D eigenvalue weighted by Crippen LogP contribution is 2.29. The minimum atomic E-state index is -0.352. The van der Waals surface area contributed by atoms with Gasteiger partial charge in [-0.2, -0.15) is 0 Å². The molecule has 0 saturated carbocycles. The highest BCUT2D eigenvalue weighted by molar-refractivity contribution is 9.10. The number of halogens is 3. The van der Waals surface area contributed by atoms with E-state index in [1.54, 1.807) is 18.2 Å². The Morgan fingerprint density at radius 3 is 2.60 bits per heavy atom. The number of carbonyl (C=O) groups excluding carboxylic acids is 1. The fourth-order valence-corrected chi connectivity index (χ4v) is 2.76. The second-order valence-corrected chi connectivity index (χ2v) is 6.02. The molecule has 2 aromatic carbocycles. The molecule has 0 bridgehead atoms. The zero-order valence-electron chi connectivity index (χ0n) is 10.5. The monoisotopic (exact) mass is 372 g/mol. The minimum absolute atomic E-state index is 0.306. The van der Waals surface area contributed by atoms with E-state index in [-0.39, 0.29) is 5.91 Å². The molecule has 6 heteroatoms. The number of nitrogens with one attached hydrogen (secondary N) is 1. The van der Waals surface area contributed by atoms with Crippen LogP contribution in [0.5, 0.6) is 0 Å². The molecule has 3 nitrogen and oxygen atoms in total. The lowest BCUT2D eigenvalue weighted by Crippen LogP contribution is -2.14. The van der Waals surface area contributed by atoms with E-state index >= 15 is 0 Å². The number of hydrogen-bond donors (Lipinski definition) is 2. The summed E-state index contributed by atoms with van der Waals surface area (Å²) in [4.78, 5) is 12.3. The number of aryl methyl sites for hydroxylation is 1. The number of hydrogen-bond acceptors (Lipinski definition) is 2. The first kappa shape index (κ1) is 15.2. The quantitative estimate of drug-likeness (QED) is 0.735. The third kappa shape index (κ3) is 3.26. The second kappa shape index (κ2) is 6.04. The molecule has 0 aromatic heterocycles. The number of rotatable bonds is 2. The maximum Gasteiger partial charge on any atom is 0.257 e. The first-order chi connectivity index (χ1) is 9.38. The molecular formula is C14H11BrCl2N2O. The molecule has 0 aliphatic rings. The van der Waals surface area contributed by atoms with Gasteiger partial charge in [-0.25, -0.2) is 0 Å². The Morgan fingerprint density at radius 1 is 1.25 bits per heavy atom. The third-order valence-electron chi connectivity index (χ3n) is 2.74. The van der Waals surface area contributed by atoms with Crippen molar-refractivity contribution in [2.75, 3.05) is 11.1 Å². The second-order valence-electron chi connectivity index (χ2n) is 4.27. The van der Waals surface area contributed by atoms with Crippen LogP contribution in [0.25, 0.3) is 0 Å². The van der Waals surface area contributed by atoms with Gasteiger partial charge in [-0.3, -0.25) is 4.79 Å². The first-order valence-corrected chi connectivity index (χ1v) is 7.25. The maximum atomic E-state index is 12.3. The Balaban J connectivity index is 2.35. The lowest BCUT2D eigenvalue weighted by molar-refractivity contribution is 0.102. The van der Waals surface area contributed by atoms with Gasteiger partial charge in [0.15, 0.2) is 0 Å². The molecule has 0 heterocycles. The molecule has 0 unspecified atom stereocenters. The number of nitrogen functional groups attached to an aromatic ring is 1. The van der Waals surface area contributed by atoms with Gasteiger partial charge in [0.2, 0.25) is 0 Å². The van der Waals surface area contributed by atoms with Gasteiger partial charge < -0.3 is 11.1 Å². The van der Waals surface area contributed by atoms with Crippen LogP contribution < -0.4 is 11.1 Å². The van der Waals surface area contributed by atoms with Gasteiger partial charge in [-0.05, 0) is 42.8 Å². The molecule has 1 amide bonds. The molecule has 0 aliphatic carbocycles. The first-order valence-electron chi connectivity index (χ1n) is 5.70. The van der Waals surface area contributed by atoms with Crippen molar-refractivity contribution in [1.82, 2.24) is 0 Å². The molecular weight excluding hydrogens is 363 g/mol. The van der Waals surface area contributed by atoms with Gasteiger partial charge in [0, 0.05) is 9.50 Å². The number of benzene rings is 2. The van der Waals surface area contributed by atoms with Crippen LogP contribution in [0.1, 0.15) is 15.9 Å². The van der Waals surface area contributed by atoms with Gasteiger partial charge in [0.25, 0.3) is 5.91 Å². The van der Waals surface area contributed by atoms with E-state index in [1.807, 2.05) is 13.0 Å². The average Bonchev–Trinajstić information content (AvgIpc) is 2.36. The summed E-state index contributed by atoms with van der Waals surface area (Å²) in [5.41, 5.74) is 8.11. The third-order valence-corrected chi connectivity index (χ3v) is 3.76. The van der Waals surface area contributed by atoms with E-state index in [2.05, 4.69) is 21.2 Å². The van der Waals surface area contributed by atoms with E-state index in [0.717, 1.165) is 10.0 Å². The topological polar surface area (TPSA) is 55.1 Å². The summed E-state index contributed by atoms with van der Waals surface area (Å²) in [6, 6.07) is 8.31. The van der Waals surface area contributed by atoms with Crippen molar-refractivity contribution in [3.8, 4) is 0 Å². The van der Waals surface area contributed by atoms with Gasteiger partial charge in [0.1, 0.15) is 0 Å². The fraction of sp³-hybridized carbons (Fsp3) is 0.0714. The van der Waals surface area contributed by atoms with Crippen molar-refractivity contribution in [3.05, 3.63) is 56.0 Å². The van der Waals surface area contributed by atoms with Crippen LogP contribution in [0.15, 0.2) is 34.8 Å². The molecule has 2 rings (SSSR count). The Morgan fingerprint density at radius 2 is 1.95 bits per heavy atom. The highest BCUT2D eigenvalue weighted by atomic mass is 79.9. The van der Waals surface area contributed by atoms with Crippen LogP contribution in [-0.2, 0) is 0 Å². The predicted octanol–water partition coefficient (Wildman–Crippen LogP) is 4.90. The summed E-state index contributed by atoms with van der Waals surface area (Å²) in [7, 11) is 0. The van der Waals surface area contributed by atoms with Crippen molar-refractivity contribution in [3.63, 3.8) is 0 Å². The molecule has 0 saturated heterocycles. The lowest BCUT2D eigenvalue weighted by Gasteiger charge is -2.13. The van der Waals surface area contributed by atoms with Crippen molar-refractivity contribution in [2.45, 2.75) is 6.92 Å². The molecule has 0 spiro atoms. The van der Waals surface area contributed by atoms with Crippen molar-refractivity contribution < 1.29 is 4.79 Å². The zero-order chi connectivity index (χ0) is 14.9. The molecule has 0 atom stereocenters. The van der Waals surface area contributed by atoms with Gasteiger partial charge in [0.05, 0.1) is 22.0 Å². The fourth-order valence-electron chi connectivity index (χ4n) is 1.79. The largest absolute Gasteiger partial charge is 0.397 e. The van der Waals surface area contributed by atoms with E-state index < -0.39 is 0 Å². The van der Waals surface area contributed by atoms with Crippen LogP contribution in [0.4, 0.5) is 11.4 Å². The van der Waals surface area contributed by atoms with Gasteiger partial charge in [-0.15, -0.1) is 0 Å². The Kier molecular flexibility index (Phi) is 4.58. The smallest absolute Gasteiger partial charge is 0.257 e. The van der Waals surface area contributed by atoms with E-state index in [9.17, 15) is 4.79 Å². The summed E-state index contributed by atoms with van der Waals surface area (Å²) < 4.78 is 0.853. The van der Waals surface area contributed by atoms with Crippen LogP contribution in [-0.4, -0.2) is 5.91 Å². The minimum Gasteiger partial charge on any atom is -0.397 e. The van der Waals surface area contributed by atoms with Crippen LogP contribution >= 0.6 is 39.1 Å². The number of anilines is 2. The highest BCUT2D eigenvalue weighted by Gasteiger charge is 2.14. The molecule has 0 radical (unpaired) electrons. The zero-order valence-corrected chi connectivity index (χ0v) is 13.6. The summed E-state index contributed by atoms with van der Waals surface area (Å²) >= 11 is 15.2. The van der Waals surface area contributed by atoms with Crippen LogP contribution in [0.3, 0.4) is 0 Å². The van der Waals surface area contributed by atoms with E-state index in [4.69, 9.17) is 28.9 Å². The van der Waals surface area contributed by atoms with Crippen molar-refractivity contribution in [2.24, 2.45) is 0 Å². The molecule has 2 aromatic rings. The average molecular weight is 374 g/mol. The molecule has 104 valence electrons. The van der Waals surface area contributed by atoms with Crippen LogP contribution in [0, 0.1) is 6.92 Å². The number of carbonyl (C=O) groups is 1. The molecule has 0 aliphatic heterocycles. The van der Waals surface area contributed by atoms with Gasteiger partial charge in [-0.1, -0.05) is 39.1 Å². The normalized spacial score (nSPS) is 10.4. The van der Waals surface area contributed by atoms with Crippen molar-refractivity contribution in [1.29, 1.82) is 0 Å². The number of amides is 1. The van der Waals surface area contributed by atoms with Crippen molar-refractivity contribution >= 4 is 56.4 Å². The standard InChI is InChI=1S/C14H11BrCl2N2O/c1-7-4-8(15)5-12(18)13(7)19-14(20)10-6-9(16)2-3-11(10)17/h2-6H,18H2,1H3,(H,19,20). The SMILES string of the molecule is Cc1cc(Br)cc(N)c1NC(=O)c1cc(Cl)ccc1Cl. The molecule has 20 heavy (non-hydrogen) atoms. The molecule has 3 N–H and O–H groups in total. The Labute approximate surface area is 135 Å². The van der Waals surface area contributed by atoms with E-state index in [1.165, 1.54) is 6.07 Å².